The van der Waals surface area contributed by atoms with Crippen LogP contribution in [0, 0.1) is 12.8 Å². The smallest absolute Gasteiger partial charge is 0.188 e. The summed E-state index contributed by atoms with van der Waals surface area (Å²) >= 11 is 0. The van der Waals surface area contributed by atoms with E-state index in [9.17, 15) is 0 Å². The minimum Gasteiger partial charge on any atom is -0.303 e. The minimum absolute atomic E-state index is 0.407. The van der Waals surface area contributed by atoms with Gasteiger partial charge < -0.3 is 5.32 Å². The molecule has 0 aliphatic heterocycles. The average Bonchev–Trinajstić information content (AvgIpc) is 3.08. The van der Waals surface area contributed by atoms with Crippen LogP contribution in [-0.4, -0.2) is 20.6 Å². The number of H-pyrrole nitrogens is 1. The number of hydrogen-bond donors (Lipinski definition) is 2. The van der Waals surface area contributed by atoms with Crippen molar-refractivity contribution in [2.24, 2.45) is 5.92 Å². The molecule has 1 aliphatic rings. The van der Waals surface area contributed by atoms with Crippen molar-refractivity contribution in [2.75, 3.05) is 0 Å². The van der Waals surface area contributed by atoms with Crippen molar-refractivity contribution < 1.29 is 0 Å². The van der Waals surface area contributed by atoms with E-state index in [0.717, 1.165) is 5.92 Å². The molecular weight excluding hydrogens is 226 g/mol. The van der Waals surface area contributed by atoms with Gasteiger partial charge in [0.2, 0.25) is 0 Å². The fourth-order valence-corrected chi connectivity index (χ4v) is 2.22. The maximum absolute atomic E-state index is 3.97. The number of nitrogens with zero attached hydrogens (tertiary/aromatic N) is 3. The van der Waals surface area contributed by atoms with Crippen LogP contribution >= 0.6 is 0 Å². The number of nitrogens with one attached hydrogen (secondary N) is 2. The van der Waals surface area contributed by atoms with E-state index in [4.69, 9.17) is 0 Å². The number of aromatic nitrogens is 4. The van der Waals surface area contributed by atoms with Gasteiger partial charge in [-0.05, 0) is 31.2 Å². The Labute approximate surface area is 106 Å². The van der Waals surface area contributed by atoms with E-state index < -0.39 is 0 Å². The summed E-state index contributed by atoms with van der Waals surface area (Å²) < 4.78 is 0. The molecule has 0 spiro atoms. The topological polar surface area (TPSA) is 66.5 Å². The molecule has 1 aromatic carbocycles. The largest absolute Gasteiger partial charge is 0.303 e. The lowest BCUT2D eigenvalue weighted by molar-refractivity contribution is 0.472. The molecule has 5 nitrogen and oxygen atoms in total. The summed E-state index contributed by atoms with van der Waals surface area (Å²) in [5, 5.41) is 17.5. The lowest BCUT2D eigenvalue weighted by Gasteiger charge is -2.18. The number of benzene rings is 1. The first-order chi connectivity index (χ1) is 8.83. The zero-order valence-corrected chi connectivity index (χ0v) is 10.4. The van der Waals surface area contributed by atoms with Gasteiger partial charge in [0.1, 0.15) is 0 Å². The molecule has 0 amide bonds. The third kappa shape index (κ3) is 2.56. The van der Waals surface area contributed by atoms with Crippen LogP contribution in [0.2, 0.25) is 0 Å². The Morgan fingerprint density at radius 3 is 2.72 bits per heavy atom. The number of aromatic amines is 1. The maximum atomic E-state index is 3.97. The van der Waals surface area contributed by atoms with Crippen LogP contribution in [0.3, 0.4) is 0 Å². The number of tetrazole rings is 1. The molecular formula is C13H17N5. The first kappa shape index (κ1) is 11.3. The molecule has 3 rings (SSSR count). The van der Waals surface area contributed by atoms with Gasteiger partial charge >= 0.3 is 0 Å². The standard InChI is InChI=1S/C13H17N5/c1-9-2-4-10(5-3-9)13(11-6-7-11)14-8-12-15-17-18-16-12/h2-5,11,13-14H,6-8H2,1H3,(H,15,16,17,18). The van der Waals surface area contributed by atoms with Gasteiger partial charge in [0.25, 0.3) is 0 Å². The van der Waals surface area contributed by atoms with E-state index in [1.165, 1.54) is 24.0 Å². The molecule has 0 saturated heterocycles. The Bertz CT molecular complexity index is 487. The maximum Gasteiger partial charge on any atom is 0.188 e. The predicted molar refractivity (Wildman–Crippen MR) is 67.7 cm³/mol. The van der Waals surface area contributed by atoms with E-state index in [1.807, 2.05) is 0 Å². The van der Waals surface area contributed by atoms with E-state index in [2.05, 4.69) is 57.1 Å². The zero-order chi connectivity index (χ0) is 12.4. The Hall–Kier alpha value is -1.75. The van der Waals surface area contributed by atoms with Crippen LogP contribution in [0.5, 0.6) is 0 Å². The summed E-state index contributed by atoms with van der Waals surface area (Å²) in [5.41, 5.74) is 2.65. The molecule has 0 bridgehead atoms. The normalized spacial score (nSPS) is 16.7. The van der Waals surface area contributed by atoms with Crippen LogP contribution < -0.4 is 5.32 Å². The highest BCUT2D eigenvalue weighted by Gasteiger charge is 2.32. The number of rotatable bonds is 5. The average molecular weight is 243 g/mol. The molecule has 0 radical (unpaired) electrons. The summed E-state index contributed by atoms with van der Waals surface area (Å²) in [6.07, 6.45) is 2.61. The third-order valence-electron chi connectivity index (χ3n) is 3.40. The Kier molecular flexibility index (Phi) is 3.06. The molecule has 2 N–H and O–H groups in total. The van der Waals surface area contributed by atoms with E-state index in [1.54, 1.807) is 0 Å². The Balaban J connectivity index is 1.70. The molecule has 1 saturated carbocycles. The predicted octanol–water partition coefficient (Wildman–Crippen LogP) is 1.75. The van der Waals surface area contributed by atoms with Gasteiger partial charge in [0, 0.05) is 6.04 Å². The van der Waals surface area contributed by atoms with Crippen LogP contribution in [0.1, 0.15) is 35.8 Å². The number of aryl methyl sites for hydroxylation is 1. The van der Waals surface area contributed by atoms with Crippen LogP contribution in [-0.2, 0) is 6.54 Å². The van der Waals surface area contributed by atoms with Gasteiger partial charge in [0.05, 0.1) is 6.54 Å². The molecule has 1 unspecified atom stereocenters. The van der Waals surface area contributed by atoms with Gasteiger partial charge in [-0.1, -0.05) is 35.0 Å². The van der Waals surface area contributed by atoms with Crippen molar-refractivity contribution in [2.45, 2.75) is 32.4 Å². The summed E-state index contributed by atoms with van der Waals surface area (Å²) in [6, 6.07) is 9.16. The molecule has 1 aromatic heterocycles. The van der Waals surface area contributed by atoms with Crippen molar-refractivity contribution in [1.29, 1.82) is 0 Å². The number of hydrogen-bond acceptors (Lipinski definition) is 4. The third-order valence-corrected chi connectivity index (χ3v) is 3.40. The van der Waals surface area contributed by atoms with E-state index >= 15 is 0 Å². The lowest BCUT2D eigenvalue weighted by atomic mass is 10.0. The quantitative estimate of drug-likeness (QED) is 0.839. The van der Waals surface area contributed by atoms with Gasteiger partial charge in [-0.15, -0.1) is 10.2 Å². The second-order valence-corrected chi connectivity index (χ2v) is 4.93. The van der Waals surface area contributed by atoms with E-state index in [0.29, 0.717) is 18.4 Å². The first-order valence-corrected chi connectivity index (χ1v) is 6.35. The fourth-order valence-electron chi connectivity index (χ4n) is 2.22. The zero-order valence-electron chi connectivity index (χ0n) is 10.4. The molecule has 1 heterocycles. The minimum atomic E-state index is 0.407. The van der Waals surface area contributed by atoms with Crippen LogP contribution in [0.15, 0.2) is 24.3 Å². The molecule has 2 aromatic rings. The lowest BCUT2D eigenvalue weighted by Crippen LogP contribution is -2.23. The summed E-state index contributed by atoms with van der Waals surface area (Å²) in [5.74, 6) is 1.47. The van der Waals surface area contributed by atoms with Gasteiger partial charge in [0.15, 0.2) is 5.82 Å². The van der Waals surface area contributed by atoms with Crippen molar-refractivity contribution in [3.05, 3.63) is 41.2 Å². The first-order valence-electron chi connectivity index (χ1n) is 6.35. The van der Waals surface area contributed by atoms with Gasteiger partial charge in [-0.2, -0.15) is 5.21 Å². The molecule has 1 aliphatic carbocycles. The second-order valence-electron chi connectivity index (χ2n) is 4.93. The molecule has 5 heteroatoms. The fraction of sp³-hybridized carbons (Fsp3) is 0.462. The van der Waals surface area contributed by atoms with Crippen LogP contribution in [0.25, 0.3) is 0 Å². The Morgan fingerprint density at radius 1 is 1.33 bits per heavy atom. The highest BCUT2D eigenvalue weighted by Crippen LogP contribution is 2.41. The van der Waals surface area contributed by atoms with Crippen molar-refractivity contribution in [1.82, 2.24) is 25.9 Å². The molecule has 94 valence electrons. The van der Waals surface area contributed by atoms with Crippen molar-refractivity contribution >= 4 is 0 Å². The summed E-state index contributed by atoms with van der Waals surface area (Å²) in [6.45, 7) is 2.77. The Morgan fingerprint density at radius 2 is 2.11 bits per heavy atom. The molecule has 18 heavy (non-hydrogen) atoms. The van der Waals surface area contributed by atoms with Crippen molar-refractivity contribution in [3.63, 3.8) is 0 Å². The van der Waals surface area contributed by atoms with Gasteiger partial charge in [-0.3, -0.25) is 0 Å². The highest BCUT2D eigenvalue weighted by atomic mass is 15.5. The van der Waals surface area contributed by atoms with E-state index in [-0.39, 0.29) is 0 Å². The second kappa shape index (κ2) is 4.86. The summed E-state index contributed by atoms with van der Waals surface area (Å²) in [4.78, 5) is 0. The monoisotopic (exact) mass is 243 g/mol. The highest BCUT2D eigenvalue weighted by molar-refractivity contribution is 5.25. The summed E-state index contributed by atoms with van der Waals surface area (Å²) in [7, 11) is 0. The van der Waals surface area contributed by atoms with Crippen LogP contribution in [0.4, 0.5) is 0 Å². The molecule has 1 fully saturated rings. The van der Waals surface area contributed by atoms with Crippen molar-refractivity contribution in [3.8, 4) is 0 Å². The SMILES string of the molecule is Cc1ccc(C(NCc2nn[nH]n2)C2CC2)cc1. The molecule has 1 atom stereocenters. The van der Waals surface area contributed by atoms with Gasteiger partial charge in [-0.25, -0.2) is 0 Å².